The van der Waals surface area contributed by atoms with Gasteiger partial charge in [-0.2, -0.15) is 0 Å². The highest BCUT2D eigenvalue weighted by atomic mass is 16.6. The number of ketones is 1. The number of aliphatic hydroxyl groups is 1. The van der Waals surface area contributed by atoms with Crippen LogP contribution in [0.4, 0.5) is 5.69 Å². The van der Waals surface area contributed by atoms with Gasteiger partial charge in [0.05, 0.1) is 29.3 Å². The Morgan fingerprint density at radius 2 is 1.76 bits per heavy atom. The van der Waals surface area contributed by atoms with Gasteiger partial charge in [-0.1, -0.05) is 54.6 Å². The van der Waals surface area contributed by atoms with Gasteiger partial charge in [-0.25, -0.2) is 0 Å². The van der Waals surface area contributed by atoms with Crippen LogP contribution in [-0.2, 0) is 16.1 Å². The molecular weight excluding hydrogens is 436 g/mol. The maximum Gasteiger partial charge on any atom is 0.296 e. The van der Waals surface area contributed by atoms with Crippen LogP contribution in [0.15, 0.2) is 95.1 Å². The van der Waals surface area contributed by atoms with Crippen molar-refractivity contribution in [3.05, 3.63) is 118 Å². The molecule has 3 aromatic carbocycles. The number of Topliss-reactive ketones (excluding diaryl/α,β-unsaturated/α-hetero) is 1. The molecule has 4 aromatic rings. The topological polar surface area (TPSA) is 114 Å². The summed E-state index contributed by atoms with van der Waals surface area (Å²) in [7, 11) is 0. The predicted octanol–water partition coefficient (Wildman–Crippen LogP) is 4.96. The van der Waals surface area contributed by atoms with Gasteiger partial charge in [0.25, 0.3) is 17.4 Å². The zero-order chi connectivity index (χ0) is 23.8. The number of nitro benzene ring substituents is 1. The largest absolute Gasteiger partial charge is 0.507 e. The number of likely N-dealkylation sites (tertiary alicyclic amines) is 1. The Hall–Kier alpha value is -4.72. The number of fused-ring (bicyclic) bond motifs is 1. The van der Waals surface area contributed by atoms with E-state index in [2.05, 4.69) is 0 Å². The molecule has 1 amide bonds. The Balaban J connectivity index is 1.74. The Bertz CT molecular complexity index is 1470. The molecule has 1 N–H and O–H groups in total. The van der Waals surface area contributed by atoms with Crippen molar-refractivity contribution in [2.75, 3.05) is 0 Å². The molecule has 1 aliphatic heterocycles. The molecule has 0 aliphatic carbocycles. The highest BCUT2D eigenvalue weighted by Gasteiger charge is 2.46. The van der Waals surface area contributed by atoms with Crippen LogP contribution in [0.1, 0.15) is 22.9 Å². The number of carbonyl (C=O) groups excluding carboxylic acids is 2. The van der Waals surface area contributed by atoms with Crippen LogP contribution in [-0.4, -0.2) is 26.6 Å². The van der Waals surface area contributed by atoms with Crippen LogP contribution >= 0.6 is 0 Å². The lowest BCUT2D eigenvalue weighted by Gasteiger charge is -2.25. The molecule has 0 radical (unpaired) electrons. The fourth-order valence-electron chi connectivity index (χ4n) is 4.35. The summed E-state index contributed by atoms with van der Waals surface area (Å²) in [6.07, 6.45) is 1.47. The van der Waals surface area contributed by atoms with E-state index >= 15 is 0 Å². The molecule has 0 spiro atoms. The van der Waals surface area contributed by atoms with E-state index in [0.29, 0.717) is 11.3 Å². The third-order valence-electron chi connectivity index (χ3n) is 5.89. The summed E-state index contributed by atoms with van der Waals surface area (Å²) < 4.78 is 5.41. The zero-order valence-corrected chi connectivity index (χ0v) is 17.8. The summed E-state index contributed by atoms with van der Waals surface area (Å²) >= 11 is 0. The molecule has 8 heteroatoms. The summed E-state index contributed by atoms with van der Waals surface area (Å²) in [5.41, 5.74) is 0.357. The van der Waals surface area contributed by atoms with Gasteiger partial charge in [0.2, 0.25) is 0 Å². The standard InChI is InChI=1S/C26H18N2O6/c29-24(17-8-3-9-18(14-17)28(32)33)22-23(21-12-4-7-16-6-1-2-11-20(16)21)27(26(31)25(22)30)15-19-10-5-13-34-19/h1-14,23,29H,15H2/b24-22-. The zero-order valence-electron chi connectivity index (χ0n) is 17.8. The molecular formula is C26H18N2O6. The first-order valence-electron chi connectivity index (χ1n) is 10.5. The maximum atomic E-state index is 13.2. The van der Waals surface area contributed by atoms with Crippen LogP contribution in [0, 0.1) is 10.1 Å². The number of nitrogens with zero attached hydrogens (tertiary/aromatic N) is 2. The normalized spacial score (nSPS) is 17.4. The third kappa shape index (κ3) is 3.51. The molecule has 5 rings (SSSR count). The molecule has 8 nitrogen and oxygen atoms in total. The number of hydrogen-bond donors (Lipinski definition) is 1. The molecule has 34 heavy (non-hydrogen) atoms. The number of non-ortho nitro benzene ring substituents is 1. The van der Waals surface area contributed by atoms with E-state index < -0.39 is 28.4 Å². The van der Waals surface area contributed by atoms with Crippen molar-refractivity contribution in [3.63, 3.8) is 0 Å². The van der Waals surface area contributed by atoms with Crippen molar-refractivity contribution in [1.82, 2.24) is 4.90 Å². The predicted molar refractivity (Wildman–Crippen MR) is 124 cm³/mol. The second kappa shape index (κ2) is 8.32. The van der Waals surface area contributed by atoms with Gasteiger partial charge in [0, 0.05) is 17.7 Å². The number of rotatable bonds is 5. The van der Waals surface area contributed by atoms with Crippen molar-refractivity contribution in [2.24, 2.45) is 0 Å². The van der Waals surface area contributed by atoms with Gasteiger partial charge in [-0.15, -0.1) is 0 Å². The first kappa shape index (κ1) is 21.1. The van der Waals surface area contributed by atoms with Gasteiger partial charge in [0.1, 0.15) is 11.5 Å². The second-order valence-electron chi connectivity index (χ2n) is 7.88. The quantitative estimate of drug-likeness (QED) is 0.150. The van der Waals surface area contributed by atoms with Crippen molar-refractivity contribution < 1.29 is 24.0 Å². The summed E-state index contributed by atoms with van der Waals surface area (Å²) in [5, 5.41) is 24.2. The molecule has 1 aliphatic rings. The Kier molecular flexibility index (Phi) is 5.18. The number of nitro groups is 1. The maximum absolute atomic E-state index is 13.2. The average molecular weight is 454 g/mol. The van der Waals surface area contributed by atoms with Gasteiger partial charge >= 0.3 is 0 Å². The van der Waals surface area contributed by atoms with Crippen molar-refractivity contribution in [3.8, 4) is 0 Å². The minimum atomic E-state index is -0.921. The SMILES string of the molecule is O=C1C(=O)N(Cc2ccco2)C(c2cccc3ccccc23)/C1=C(/O)c1cccc([N+](=O)[O-])c1. The van der Waals surface area contributed by atoms with E-state index in [9.17, 15) is 24.8 Å². The van der Waals surface area contributed by atoms with Crippen LogP contribution in [0.25, 0.3) is 16.5 Å². The number of carbonyl (C=O) groups is 2. The second-order valence-corrected chi connectivity index (χ2v) is 7.88. The van der Waals surface area contributed by atoms with E-state index in [0.717, 1.165) is 10.8 Å². The molecule has 1 atom stereocenters. The van der Waals surface area contributed by atoms with Crippen LogP contribution in [0.3, 0.4) is 0 Å². The number of furan rings is 1. The van der Waals surface area contributed by atoms with Crippen molar-refractivity contribution in [1.29, 1.82) is 0 Å². The summed E-state index contributed by atoms with van der Waals surface area (Å²) in [6, 6.07) is 20.9. The number of amides is 1. The summed E-state index contributed by atoms with van der Waals surface area (Å²) in [6.45, 7) is 0.0111. The summed E-state index contributed by atoms with van der Waals surface area (Å²) in [4.78, 5) is 38.4. The fourth-order valence-corrected chi connectivity index (χ4v) is 4.35. The molecule has 0 bridgehead atoms. The molecule has 1 unspecified atom stereocenters. The molecule has 168 valence electrons. The molecule has 0 saturated carbocycles. The highest BCUT2D eigenvalue weighted by Crippen LogP contribution is 2.42. The average Bonchev–Trinajstić information content (AvgIpc) is 3.46. The van der Waals surface area contributed by atoms with Gasteiger partial charge < -0.3 is 14.4 Å². The molecule has 1 saturated heterocycles. The smallest absolute Gasteiger partial charge is 0.296 e. The third-order valence-corrected chi connectivity index (χ3v) is 5.89. The Morgan fingerprint density at radius 3 is 2.53 bits per heavy atom. The van der Waals surface area contributed by atoms with E-state index in [-0.39, 0.29) is 23.4 Å². The summed E-state index contributed by atoms with van der Waals surface area (Å²) in [5.74, 6) is -1.65. The number of hydrogen-bond acceptors (Lipinski definition) is 6. The van der Waals surface area contributed by atoms with Gasteiger partial charge in [0.15, 0.2) is 0 Å². The Morgan fingerprint density at radius 1 is 1.00 bits per heavy atom. The fraction of sp³-hybridized carbons (Fsp3) is 0.0769. The highest BCUT2D eigenvalue weighted by molar-refractivity contribution is 6.46. The number of benzene rings is 3. The van der Waals surface area contributed by atoms with E-state index in [4.69, 9.17) is 4.42 Å². The van der Waals surface area contributed by atoms with E-state index in [1.54, 1.807) is 18.2 Å². The lowest BCUT2D eigenvalue weighted by atomic mass is 9.91. The van der Waals surface area contributed by atoms with Crippen molar-refractivity contribution >= 4 is 33.9 Å². The monoisotopic (exact) mass is 454 g/mol. The van der Waals surface area contributed by atoms with E-state index in [1.807, 2.05) is 36.4 Å². The first-order chi connectivity index (χ1) is 16.5. The van der Waals surface area contributed by atoms with Crippen LogP contribution < -0.4 is 0 Å². The van der Waals surface area contributed by atoms with Gasteiger partial charge in [-0.3, -0.25) is 19.7 Å². The lowest BCUT2D eigenvalue weighted by molar-refractivity contribution is -0.384. The minimum Gasteiger partial charge on any atom is -0.507 e. The Labute approximate surface area is 193 Å². The first-order valence-corrected chi connectivity index (χ1v) is 10.5. The number of aliphatic hydroxyl groups excluding tert-OH is 1. The lowest BCUT2D eigenvalue weighted by Crippen LogP contribution is -2.29. The molecule has 1 aromatic heterocycles. The van der Waals surface area contributed by atoms with Crippen LogP contribution in [0.2, 0.25) is 0 Å². The van der Waals surface area contributed by atoms with Crippen molar-refractivity contribution in [2.45, 2.75) is 12.6 Å². The molecule has 1 fully saturated rings. The van der Waals surface area contributed by atoms with Crippen LogP contribution in [0.5, 0.6) is 0 Å². The van der Waals surface area contributed by atoms with Gasteiger partial charge in [-0.05, 0) is 28.5 Å². The van der Waals surface area contributed by atoms with E-state index in [1.165, 1.54) is 35.4 Å². The minimum absolute atomic E-state index is 0.0111. The molecule has 2 heterocycles.